The summed E-state index contributed by atoms with van der Waals surface area (Å²) >= 11 is 0. The van der Waals surface area contributed by atoms with Crippen LogP contribution in [0.15, 0.2) is 29.1 Å². The van der Waals surface area contributed by atoms with Crippen LogP contribution in [0.4, 0.5) is 8.78 Å². The standard InChI is InChI=1S/C21H24F2N2O3/c1-4-21(22,23)16-11-18(26)24-19-25(16)12-17(27-19)20(2,3)28-15-9-8-13-6-5-7-14(13)10-15/h8-11,17H,4-7,12H2,1-3H3. The molecular formula is C21H24F2N2O3. The number of hydrogen-bond donors (Lipinski definition) is 0. The molecule has 0 radical (unpaired) electrons. The second kappa shape index (κ2) is 6.57. The van der Waals surface area contributed by atoms with Crippen LogP contribution in [0.2, 0.25) is 0 Å². The number of nitrogens with zero attached hydrogens (tertiary/aromatic N) is 2. The molecule has 1 aliphatic heterocycles. The van der Waals surface area contributed by atoms with E-state index in [2.05, 4.69) is 11.1 Å². The van der Waals surface area contributed by atoms with Crippen LogP contribution >= 0.6 is 0 Å². The predicted molar refractivity (Wildman–Crippen MR) is 100 cm³/mol. The van der Waals surface area contributed by atoms with Gasteiger partial charge in [0.25, 0.3) is 11.5 Å². The zero-order valence-electron chi connectivity index (χ0n) is 16.3. The van der Waals surface area contributed by atoms with E-state index in [4.69, 9.17) is 9.47 Å². The highest BCUT2D eigenvalue weighted by molar-refractivity contribution is 5.38. The minimum atomic E-state index is -3.12. The van der Waals surface area contributed by atoms with Gasteiger partial charge in [0.15, 0.2) is 6.10 Å². The molecule has 5 nitrogen and oxygen atoms in total. The second-order valence-electron chi connectivity index (χ2n) is 8.03. The lowest BCUT2D eigenvalue weighted by Crippen LogP contribution is -2.45. The number of aryl methyl sites for hydroxylation is 2. The number of fused-ring (bicyclic) bond motifs is 2. The summed E-state index contributed by atoms with van der Waals surface area (Å²) in [5.41, 5.74) is 0.750. The van der Waals surface area contributed by atoms with Crippen molar-refractivity contribution < 1.29 is 18.3 Å². The number of rotatable bonds is 5. The first-order chi connectivity index (χ1) is 13.2. The van der Waals surface area contributed by atoms with Crippen molar-refractivity contribution in [1.29, 1.82) is 0 Å². The third kappa shape index (κ3) is 3.27. The van der Waals surface area contributed by atoms with Gasteiger partial charge in [-0.25, -0.2) is 0 Å². The fraction of sp³-hybridized carbons (Fsp3) is 0.524. The van der Waals surface area contributed by atoms with Crippen molar-refractivity contribution in [3.63, 3.8) is 0 Å². The topological polar surface area (TPSA) is 53.4 Å². The van der Waals surface area contributed by atoms with Gasteiger partial charge >= 0.3 is 6.01 Å². The highest BCUT2D eigenvalue weighted by Gasteiger charge is 2.43. The van der Waals surface area contributed by atoms with Crippen LogP contribution in [0.5, 0.6) is 11.8 Å². The molecule has 28 heavy (non-hydrogen) atoms. The van der Waals surface area contributed by atoms with E-state index in [0.29, 0.717) is 0 Å². The number of aromatic nitrogens is 2. The van der Waals surface area contributed by atoms with Gasteiger partial charge in [0.2, 0.25) is 0 Å². The quantitative estimate of drug-likeness (QED) is 0.778. The van der Waals surface area contributed by atoms with E-state index >= 15 is 0 Å². The Morgan fingerprint density at radius 2 is 2.00 bits per heavy atom. The number of hydrogen-bond acceptors (Lipinski definition) is 4. The first kappa shape index (κ1) is 18.9. The molecule has 1 atom stereocenters. The molecule has 0 saturated heterocycles. The van der Waals surface area contributed by atoms with Crippen LogP contribution in [0.25, 0.3) is 0 Å². The van der Waals surface area contributed by atoms with Crippen molar-refractivity contribution in [2.75, 3.05) is 0 Å². The molecule has 1 aliphatic carbocycles. The maximum Gasteiger partial charge on any atom is 0.300 e. The molecule has 0 spiro atoms. The highest BCUT2D eigenvalue weighted by Crippen LogP contribution is 2.37. The molecule has 150 valence electrons. The zero-order valence-corrected chi connectivity index (χ0v) is 16.3. The van der Waals surface area contributed by atoms with E-state index in [1.807, 2.05) is 26.0 Å². The number of benzene rings is 1. The second-order valence-corrected chi connectivity index (χ2v) is 8.03. The summed E-state index contributed by atoms with van der Waals surface area (Å²) in [6.45, 7) is 5.23. The van der Waals surface area contributed by atoms with Gasteiger partial charge in [-0.2, -0.15) is 13.8 Å². The Hall–Kier alpha value is -2.44. The van der Waals surface area contributed by atoms with Crippen LogP contribution in [-0.4, -0.2) is 21.3 Å². The predicted octanol–water partition coefficient (Wildman–Crippen LogP) is 3.85. The monoisotopic (exact) mass is 390 g/mol. The van der Waals surface area contributed by atoms with Crippen LogP contribution in [0.3, 0.4) is 0 Å². The Morgan fingerprint density at radius 3 is 2.75 bits per heavy atom. The average Bonchev–Trinajstić information content (AvgIpc) is 3.26. The third-order valence-corrected chi connectivity index (χ3v) is 5.63. The van der Waals surface area contributed by atoms with Crippen LogP contribution in [0.1, 0.15) is 50.4 Å². The number of ether oxygens (including phenoxy) is 2. The molecule has 0 amide bonds. The largest absolute Gasteiger partial charge is 0.484 e. The normalized spacial score (nSPS) is 18.5. The molecule has 1 unspecified atom stereocenters. The maximum atomic E-state index is 14.3. The summed E-state index contributed by atoms with van der Waals surface area (Å²) in [6, 6.07) is 6.88. The summed E-state index contributed by atoms with van der Waals surface area (Å²) in [4.78, 5) is 15.6. The highest BCUT2D eigenvalue weighted by atomic mass is 19.3. The van der Waals surface area contributed by atoms with E-state index in [9.17, 15) is 13.6 Å². The summed E-state index contributed by atoms with van der Waals surface area (Å²) in [7, 11) is 0. The van der Waals surface area contributed by atoms with Crippen LogP contribution < -0.4 is 15.0 Å². The smallest absolute Gasteiger partial charge is 0.300 e. The first-order valence-corrected chi connectivity index (χ1v) is 9.67. The molecule has 1 aromatic heterocycles. The molecule has 0 bridgehead atoms. The van der Waals surface area contributed by atoms with Crippen molar-refractivity contribution in [1.82, 2.24) is 9.55 Å². The van der Waals surface area contributed by atoms with Crippen molar-refractivity contribution >= 4 is 0 Å². The van der Waals surface area contributed by atoms with Gasteiger partial charge in [0.05, 0.1) is 12.2 Å². The summed E-state index contributed by atoms with van der Waals surface area (Å²) in [5.74, 6) is -2.40. The van der Waals surface area contributed by atoms with Gasteiger partial charge in [0, 0.05) is 12.5 Å². The summed E-state index contributed by atoms with van der Waals surface area (Å²) in [6.07, 6.45) is 2.32. The maximum absolute atomic E-state index is 14.3. The number of halogens is 2. The van der Waals surface area contributed by atoms with Crippen LogP contribution in [0, 0.1) is 0 Å². The molecule has 0 fully saturated rings. The average molecular weight is 390 g/mol. The van der Waals surface area contributed by atoms with E-state index in [-0.39, 0.29) is 18.2 Å². The lowest BCUT2D eigenvalue weighted by Gasteiger charge is -2.31. The fourth-order valence-corrected chi connectivity index (χ4v) is 3.91. The van der Waals surface area contributed by atoms with Crippen molar-refractivity contribution in [3.05, 3.63) is 51.4 Å². The minimum absolute atomic E-state index is 0.0775. The minimum Gasteiger partial charge on any atom is -0.484 e. The molecule has 7 heteroatoms. The molecule has 1 aromatic carbocycles. The zero-order chi connectivity index (χ0) is 20.1. The van der Waals surface area contributed by atoms with Crippen molar-refractivity contribution in [2.45, 2.75) is 70.6 Å². The van der Waals surface area contributed by atoms with E-state index in [1.165, 1.54) is 22.6 Å². The summed E-state index contributed by atoms with van der Waals surface area (Å²) < 4.78 is 42.0. The van der Waals surface area contributed by atoms with Gasteiger partial charge in [-0.3, -0.25) is 9.36 Å². The van der Waals surface area contributed by atoms with E-state index in [0.717, 1.165) is 31.1 Å². The molecule has 2 aliphatic rings. The van der Waals surface area contributed by atoms with Gasteiger partial charge in [-0.1, -0.05) is 13.0 Å². The lowest BCUT2D eigenvalue weighted by atomic mass is 10.0. The fourth-order valence-electron chi connectivity index (χ4n) is 3.91. The van der Waals surface area contributed by atoms with Gasteiger partial charge in [0.1, 0.15) is 11.4 Å². The molecular weight excluding hydrogens is 366 g/mol. The first-order valence-electron chi connectivity index (χ1n) is 9.67. The van der Waals surface area contributed by atoms with Crippen molar-refractivity contribution in [3.8, 4) is 11.8 Å². The van der Waals surface area contributed by atoms with Gasteiger partial charge in [-0.15, -0.1) is 0 Å². The van der Waals surface area contributed by atoms with Gasteiger partial charge in [-0.05, 0) is 56.4 Å². The molecule has 4 rings (SSSR count). The molecule has 0 N–H and O–H groups in total. The number of alkyl halides is 2. The Morgan fingerprint density at radius 1 is 1.25 bits per heavy atom. The Bertz CT molecular complexity index is 969. The van der Waals surface area contributed by atoms with Gasteiger partial charge < -0.3 is 9.47 Å². The van der Waals surface area contributed by atoms with E-state index < -0.39 is 29.6 Å². The SMILES string of the molecule is CCC(F)(F)c1cc(=O)nc2n1CC(C(C)(C)Oc1ccc3c(c1)CCC3)O2. The Labute approximate surface area is 162 Å². The third-order valence-electron chi connectivity index (χ3n) is 5.63. The molecule has 2 aromatic rings. The Balaban J connectivity index is 1.60. The molecule has 2 heterocycles. The van der Waals surface area contributed by atoms with E-state index in [1.54, 1.807) is 0 Å². The van der Waals surface area contributed by atoms with Crippen molar-refractivity contribution in [2.24, 2.45) is 0 Å². The van der Waals surface area contributed by atoms with Crippen LogP contribution in [-0.2, 0) is 25.3 Å². The lowest BCUT2D eigenvalue weighted by molar-refractivity contribution is -0.0189. The molecule has 0 saturated carbocycles. The summed E-state index contributed by atoms with van der Waals surface area (Å²) in [5, 5.41) is 0. The Kier molecular flexibility index (Phi) is 4.43.